The van der Waals surface area contributed by atoms with Gasteiger partial charge in [0.1, 0.15) is 6.10 Å². The Labute approximate surface area is 146 Å². The molecule has 0 aliphatic carbocycles. The molecule has 0 saturated carbocycles. The molecule has 25 heavy (non-hydrogen) atoms. The average molecular weight is 366 g/mol. The van der Waals surface area contributed by atoms with Gasteiger partial charge in [0.05, 0.1) is 18.6 Å². The number of halogens is 1. The molecule has 1 fully saturated rings. The molecule has 1 unspecified atom stereocenters. The van der Waals surface area contributed by atoms with Crippen LogP contribution in [0.2, 0.25) is 0 Å². The lowest BCUT2D eigenvalue weighted by molar-refractivity contribution is 0.207. The Bertz CT molecular complexity index is 855. The predicted molar refractivity (Wildman–Crippen MR) is 89.7 cm³/mol. The third-order valence-electron chi connectivity index (χ3n) is 4.04. The van der Waals surface area contributed by atoms with E-state index < -0.39 is 15.8 Å². The quantitative estimate of drug-likeness (QED) is 0.813. The molecule has 1 aliphatic rings. The largest absolute Gasteiger partial charge is 0.494 e. The number of aryl methyl sites for hydroxylation is 1. The van der Waals surface area contributed by atoms with E-state index in [1.54, 1.807) is 12.3 Å². The maximum Gasteiger partial charge on any atom is 0.243 e. The predicted octanol–water partition coefficient (Wildman–Crippen LogP) is 2.38. The van der Waals surface area contributed by atoms with Gasteiger partial charge in [-0.3, -0.25) is 0 Å². The summed E-state index contributed by atoms with van der Waals surface area (Å²) in [4.78, 5) is 4.07. The zero-order chi connectivity index (χ0) is 18.0. The summed E-state index contributed by atoms with van der Waals surface area (Å²) in [5.74, 6) is -0.239. The molecule has 1 atom stereocenters. The van der Waals surface area contributed by atoms with Crippen LogP contribution in [-0.4, -0.2) is 44.0 Å². The van der Waals surface area contributed by atoms with Crippen molar-refractivity contribution in [3.8, 4) is 11.6 Å². The molecule has 1 aromatic carbocycles. The SMILES string of the molecule is COc1ccc(S(=O)(=O)N2CCC(Oc3ccc(C)cn3)C2)cc1F. The van der Waals surface area contributed by atoms with Gasteiger partial charge in [-0.15, -0.1) is 0 Å². The van der Waals surface area contributed by atoms with Crippen molar-refractivity contribution in [1.29, 1.82) is 0 Å². The van der Waals surface area contributed by atoms with Crippen molar-refractivity contribution < 1.29 is 22.3 Å². The number of nitrogens with zero attached hydrogens (tertiary/aromatic N) is 2. The van der Waals surface area contributed by atoms with E-state index in [0.717, 1.165) is 11.6 Å². The molecular formula is C17H19FN2O4S. The van der Waals surface area contributed by atoms with Gasteiger partial charge in [-0.1, -0.05) is 6.07 Å². The minimum Gasteiger partial charge on any atom is -0.494 e. The Morgan fingerprint density at radius 2 is 2.08 bits per heavy atom. The molecular weight excluding hydrogens is 347 g/mol. The standard InChI is InChI=1S/C17H19FN2O4S/c1-12-3-6-17(19-10-12)24-13-7-8-20(11-13)25(21,22)14-4-5-16(23-2)15(18)9-14/h3-6,9-10,13H,7-8,11H2,1-2H3. The normalized spacial score (nSPS) is 18.3. The number of sulfonamides is 1. The molecule has 0 spiro atoms. The van der Waals surface area contributed by atoms with E-state index in [2.05, 4.69) is 4.98 Å². The summed E-state index contributed by atoms with van der Waals surface area (Å²) in [6.45, 7) is 2.44. The van der Waals surface area contributed by atoms with E-state index in [4.69, 9.17) is 9.47 Å². The Balaban J connectivity index is 1.71. The van der Waals surface area contributed by atoms with Crippen molar-refractivity contribution in [1.82, 2.24) is 9.29 Å². The van der Waals surface area contributed by atoms with Crippen LogP contribution in [0.5, 0.6) is 11.6 Å². The number of benzene rings is 1. The minimum absolute atomic E-state index is 0.00651. The Morgan fingerprint density at radius 1 is 1.28 bits per heavy atom. The van der Waals surface area contributed by atoms with Crippen LogP contribution in [0.1, 0.15) is 12.0 Å². The fourth-order valence-corrected chi connectivity index (χ4v) is 4.16. The third-order valence-corrected chi connectivity index (χ3v) is 5.90. The van der Waals surface area contributed by atoms with Gasteiger partial charge in [-0.2, -0.15) is 4.31 Å². The highest BCUT2D eigenvalue weighted by atomic mass is 32.2. The van der Waals surface area contributed by atoms with Crippen LogP contribution in [0.3, 0.4) is 0 Å². The molecule has 0 radical (unpaired) electrons. The summed E-state index contributed by atoms with van der Waals surface area (Å²) in [7, 11) is -2.45. The number of hydrogen-bond acceptors (Lipinski definition) is 5. The summed E-state index contributed by atoms with van der Waals surface area (Å²) in [5.41, 5.74) is 1.02. The maximum absolute atomic E-state index is 13.8. The monoisotopic (exact) mass is 366 g/mol. The van der Waals surface area contributed by atoms with Crippen molar-refractivity contribution in [2.24, 2.45) is 0 Å². The summed E-state index contributed by atoms with van der Waals surface area (Å²) in [6, 6.07) is 7.26. The molecule has 134 valence electrons. The molecule has 1 aliphatic heterocycles. The zero-order valence-corrected chi connectivity index (χ0v) is 14.8. The van der Waals surface area contributed by atoms with E-state index >= 15 is 0 Å². The molecule has 0 N–H and O–H groups in total. The molecule has 0 amide bonds. The Kier molecular flexibility index (Phi) is 4.91. The van der Waals surface area contributed by atoms with Crippen LogP contribution >= 0.6 is 0 Å². The second-order valence-electron chi connectivity index (χ2n) is 5.86. The first kappa shape index (κ1) is 17.6. The number of aromatic nitrogens is 1. The lowest BCUT2D eigenvalue weighted by Crippen LogP contribution is -2.31. The first-order chi connectivity index (χ1) is 11.9. The topological polar surface area (TPSA) is 68.7 Å². The number of methoxy groups -OCH3 is 1. The van der Waals surface area contributed by atoms with Crippen molar-refractivity contribution in [3.05, 3.63) is 47.9 Å². The first-order valence-electron chi connectivity index (χ1n) is 7.83. The van der Waals surface area contributed by atoms with Gasteiger partial charge in [0.2, 0.25) is 15.9 Å². The van der Waals surface area contributed by atoms with Crippen molar-refractivity contribution in [3.63, 3.8) is 0 Å². The van der Waals surface area contributed by atoms with E-state index in [1.165, 1.54) is 23.5 Å². The fourth-order valence-electron chi connectivity index (χ4n) is 2.66. The summed E-state index contributed by atoms with van der Waals surface area (Å²) in [5, 5.41) is 0. The van der Waals surface area contributed by atoms with Gasteiger partial charge in [-0.05, 0) is 37.1 Å². The highest BCUT2D eigenvalue weighted by Gasteiger charge is 2.34. The van der Waals surface area contributed by atoms with Crippen molar-refractivity contribution >= 4 is 10.0 Å². The average Bonchev–Trinajstić information content (AvgIpc) is 3.06. The van der Waals surface area contributed by atoms with E-state index in [-0.39, 0.29) is 23.3 Å². The minimum atomic E-state index is -3.78. The third kappa shape index (κ3) is 3.74. The van der Waals surface area contributed by atoms with E-state index in [9.17, 15) is 12.8 Å². The van der Waals surface area contributed by atoms with Crippen LogP contribution in [0.25, 0.3) is 0 Å². The van der Waals surface area contributed by atoms with Crippen molar-refractivity contribution in [2.75, 3.05) is 20.2 Å². The lowest BCUT2D eigenvalue weighted by Gasteiger charge is -2.17. The van der Waals surface area contributed by atoms with Crippen LogP contribution in [0.4, 0.5) is 4.39 Å². The van der Waals surface area contributed by atoms with Crippen molar-refractivity contribution in [2.45, 2.75) is 24.3 Å². The number of hydrogen-bond donors (Lipinski definition) is 0. The number of ether oxygens (including phenoxy) is 2. The maximum atomic E-state index is 13.8. The van der Waals surface area contributed by atoms with Gasteiger partial charge < -0.3 is 9.47 Å². The molecule has 1 saturated heterocycles. The van der Waals surface area contributed by atoms with Gasteiger partial charge in [-0.25, -0.2) is 17.8 Å². The zero-order valence-electron chi connectivity index (χ0n) is 14.0. The molecule has 1 aromatic heterocycles. The lowest BCUT2D eigenvalue weighted by atomic mass is 10.3. The van der Waals surface area contributed by atoms with Gasteiger partial charge in [0.15, 0.2) is 11.6 Å². The number of rotatable bonds is 5. The van der Waals surface area contributed by atoms with Crippen LogP contribution in [-0.2, 0) is 10.0 Å². The number of pyridine rings is 1. The summed E-state index contributed by atoms with van der Waals surface area (Å²) in [6.07, 6.45) is 1.96. The smallest absolute Gasteiger partial charge is 0.243 e. The van der Waals surface area contributed by atoms with Crippen LogP contribution < -0.4 is 9.47 Å². The van der Waals surface area contributed by atoms with E-state index in [0.29, 0.717) is 18.8 Å². The van der Waals surface area contributed by atoms with Crippen LogP contribution in [0.15, 0.2) is 41.4 Å². The van der Waals surface area contributed by atoms with Crippen LogP contribution in [0, 0.1) is 12.7 Å². The molecule has 2 aromatic rings. The first-order valence-corrected chi connectivity index (χ1v) is 9.27. The molecule has 0 bridgehead atoms. The highest BCUT2D eigenvalue weighted by Crippen LogP contribution is 2.26. The molecule has 8 heteroatoms. The second-order valence-corrected chi connectivity index (χ2v) is 7.80. The summed E-state index contributed by atoms with van der Waals surface area (Å²) < 4.78 is 51.0. The second kappa shape index (κ2) is 6.97. The Morgan fingerprint density at radius 3 is 2.72 bits per heavy atom. The van der Waals surface area contributed by atoms with Gasteiger partial charge in [0.25, 0.3) is 0 Å². The summed E-state index contributed by atoms with van der Waals surface area (Å²) >= 11 is 0. The Hall–Kier alpha value is -2.19. The molecule has 2 heterocycles. The van der Waals surface area contributed by atoms with E-state index in [1.807, 2.05) is 13.0 Å². The van der Waals surface area contributed by atoms with Gasteiger partial charge in [0, 0.05) is 18.8 Å². The highest BCUT2D eigenvalue weighted by molar-refractivity contribution is 7.89. The molecule has 6 nitrogen and oxygen atoms in total. The fraction of sp³-hybridized carbons (Fsp3) is 0.353. The molecule has 3 rings (SSSR count). The van der Waals surface area contributed by atoms with Gasteiger partial charge >= 0.3 is 0 Å².